The van der Waals surface area contributed by atoms with E-state index in [9.17, 15) is 18.0 Å². The van der Waals surface area contributed by atoms with Gasteiger partial charge in [0.2, 0.25) is 15.9 Å². The van der Waals surface area contributed by atoms with E-state index in [1.54, 1.807) is 0 Å². The van der Waals surface area contributed by atoms with Crippen molar-refractivity contribution < 1.29 is 18.0 Å². The molecule has 2 amide bonds. The first-order valence-electron chi connectivity index (χ1n) is 9.39. The van der Waals surface area contributed by atoms with Gasteiger partial charge in [0.05, 0.1) is 9.80 Å². The second-order valence-corrected chi connectivity index (χ2v) is 10.1. The maximum absolute atomic E-state index is 12.7. The summed E-state index contributed by atoms with van der Waals surface area (Å²) in [6.07, 6.45) is 2.46. The third kappa shape index (κ3) is 6.01. The van der Waals surface area contributed by atoms with Gasteiger partial charge in [-0.2, -0.15) is 0 Å². The number of rotatable bonds is 7. The van der Waals surface area contributed by atoms with Gasteiger partial charge in [-0.15, -0.1) is 0 Å². The minimum atomic E-state index is -3.78. The molecule has 2 aromatic carbocycles. The van der Waals surface area contributed by atoms with Crippen LogP contribution in [0.5, 0.6) is 0 Å². The number of carbonyl (C=O) groups excluding carboxylic acids is 2. The fourth-order valence-electron chi connectivity index (χ4n) is 2.93. The second-order valence-electron chi connectivity index (χ2n) is 6.91. The standard InChI is InChI=1S/C21H21N3O4S3/c1-14-5-2-3-6-15(14)13-18-20(26)24(21(29)30-18)12-4-7-19(25)23-16-8-10-17(11-9-16)31(22,27)28/h2-3,5-6,8-11,13H,4,7,12H2,1H3,(H,23,25)(H2,22,27,28)/b18-13-. The van der Waals surface area contributed by atoms with Gasteiger partial charge in [0.15, 0.2) is 0 Å². The lowest BCUT2D eigenvalue weighted by molar-refractivity contribution is -0.122. The Kier molecular flexibility index (Phi) is 7.26. The number of hydrogen-bond donors (Lipinski definition) is 2. The first kappa shape index (κ1) is 23.1. The quantitative estimate of drug-likeness (QED) is 0.470. The Bertz CT molecular complexity index is 1160. The number of carbonyl (C=O) groups is 2. The molecule has 3 rings (SSSR count). The molecule has 162 valence electrons. The van der Waals surface area contributed by atoms with Gasteiger partial charge in [-0.05, 0) is 54.8 Å². The summed E-state index contributed by atoms with van der Waals surface area (Å²) in [7, 11) is -3.78. The maximum atomic E-state index is 12.7. The van der Waals surface area contributed by atoms with Gasteiger partial charge in [0, 0.05) is 18.7 Å². The van der Waals surface area contributed by atoms with E-state index in [0.29, 0.717) is 27.9 Å². The first-order valence-corrected chi connectivity index (χ1v) is 12.2. The van der Waals surface area contributed by atoms with E-state index in [4.69, 9.17) is 17.4 Å². The van der Waals surface area contributed by atoms with E-state index in [1.807, 2.05) is 37.3 Å². The molecule has 0 atom stereocenters. The minimum absolute atomic E-state index is 0.0291. The zero-order chi connectivity index (χ0) is 22.6. The molecule has 1 saturated heterocycles. The molecule has 0 unspecified atom stereocenters. The Labute approximate surface area is 190 Å². The van der Waals surface area contributed by atoms with Crippen LogP contribution >= 0.6 is 24.0 Å². The van der Waals surface area contributed by atoms with Gasteiger partial charge in [-0.25, -0.2) is 13.6 Å². The first-order chi connectivity index (χ1) is 14.6. The summed E-state index contributed by atoms with van der Waals surface area (Å²) in [6.45, 7) is 2.32. The summed E-state index contributed by atoms with van der Waals surface area (Å²) in [5.41, 5.74) is 2.50. The summed E-state index contributed by atoms with van der Waals surface area (Å²) in [5, 5.41) is 7.74. The topological polar surface area (TPSA) is 110 Å². The van der Waals surface area contributed by atoms with E-state index < -0.39 is 10.0 Å². The third-order valence-corrected chi connectivity index (χ3v) is 6.91. The Morgan fingerprint density at radius 3 is 2.52 bits per heavy atom. The van der Waals surface area contributed by atoms with Crippen LogP contribution in [0.15, 0.2) is 58.3 Å². The summed E-state index contributed by atoms with van der Waals surface area (Å²) in [6, 6.07) is 13.4. The number of amides is 2. The average Bonchev–Trinajstić information content (AvgIpc) is 2.97. The Hall–Kier alpha value is -2.53. The van der Waals surface area contributed by atoms with Gasteiger partial charge in [-0.3, -0.25) is 14.5 Å². The molecule has 31 heavy (non-hydrogen) atoms. The molecule has 1 fully saturated rings. The van der Waals surface area contributed by atoms with Crippen molar-refractivity contribution in [2.24, 2.45) is 5.14 Å². The van der Waals surface area contributed by atoms with Crippen LogP contribution in [0.25, 0.3) is 6.08 Å². The normalized spacial score (nSPS) is 15.5. The largest absolute Gasteiger partial charge is 0.326 e. The van der Waals surface area contributed by atoms with Gasteiger partial charge in [0.25, 0.3) is 5.91 Å². The number of hydrogen-bond acceptors (Lipinski definition) is 6. The number of nitrogens with zero attached hydrogens (tertiary/aromatic N) is 1. The zero-order valence-corrected chi connectivity index (χ0v) is 19.1. The number of nitrogens with one attached hydrogen (secondary N) is 1. The lowest BCUT2D eigenvalue weighted by Crippen LogP contribution is -2.29. The molecule has 0 aliphatic carbocycles. The smallest absolute Gasteiger partial charge is 0.266 e. The highest BCUT2D eigenvalue weighted by atomic mass is 32.2. The average molecular weight is 476 g/mol. The lowest BCUT2D eigenvalue weighted by atomic mass is 10.1. The summed E-state index contributed by atoms with van der Waals surface area (Å²) in [5.74, 6) is -0.401. The molecule has 0 saturated carbocycles. The molecule has 0 radical (unpaired) electrons. The molecule has 1 aliphatic rings. The number of benzene rings is 2. The summed E-state index contributed by atoms with van der Waals surface area (Å²) < 4.78 is 23.0. The summed E-state index contributed by atoms with van der Waals surface area (Å²) >= 11 is 6.60. The van der Waals surface area contributed by atoms with Crippen molar-refractivity contribution in [2.45, 2.75) is 24.7 Å². The number of thioether (sulfide) groups is 1. The monoisotopic (exact) mass is 475 g/mol. The van der Waals surface area contributed by atoms with E-state index in [1.165, 1.54) is 40.9 Å². The van der Waals surface area contributed by atoms with Crippen molar-refractivity contribution in [3.05, 3.63) is 64.6 Å². The molecule has 10 heteroatoms. The molecule has 1 aliphatic heterocycles. The Morgan fingerprint density at radius 1 is 1.19 bits per heavy atom. The van der Waals surface area contributed by atoms with Crippen LogP contribution in [0, 0.1) is 6.92 Å². The van der Waals surface area contributed by atoms with Crippen molar-refractivity contribution >= 4 is 61.9 Å². The van der Waals surface area contributed by atoms with Gasteiger partial charge in [-0.1, -0.05) is 48.2 Å². The lowest BCUT2D eigenvalue weighted by Gasteiger charge is -2.14. The highest BCUT2D eigenvalue weighted by Gasteiger charge is 2.31. The van der Waals surface area contributed by atoms with Crippen molar-refractivity contribution in [1.82, 2.24) is 4.90 Å². The van der Waals surface area contributed by atoms with Crippen LogP contribution in [0.2, 0.25) is 0 Å². The van der Waals surface area contributed by atoms with Gasteiger partial charge < -0.3 is 5.32 Å². The van der Waals surface area contributed by atoms with E-state index in [-0.39, 0.29) is 23.1 Å². The number of primary sulfonamides is 1. The van der Waals surface area contributed by atoms with Crippen LogP contribution in [0.3, 0.4) is 0 Å². The van der Waals surface area contributed by atoms with Crippen LogP contribution in [0.4, 0.5) is 5.69 Å². The van der Waals surface area contributed by atoms with Crippen LogP contribution in [0.1, 0.15) is 24.0 Å². The molecule has 7 nitrogen and oxygen atoms in total. The van der Waals surface area contributed by atoms with Crippen molar-refractivity contribution in [3.63, 3.8) is 0 Å². The highest BCUT2D eigenvalue weighted by molar-refractivity contribution is 8.26. The minimum Gasteiger partial charge on any atom is -0.326 e. The van der Waals surface area contributed by atoms with Crippen molar-refractivity contribution in [3.8, 4) is 0 Å². The zero-order valence-electron chi connectivity index (χ0n) is 16.7. The van der Waals surface area contributed by atoms with Crippen molar-refractivity contribution in [2.75, 3.05) is 11.9 Å². The Balaban J connectivity index is 1.53. The van der Waals surface area contributed by atoms with E-state index in [0.717, 1.165) is 11.1 Å². The molecular formula is C21H21N3O4S3. The molecular weight excluding hydrogens is 454 g/mol. The van der Waals surface area contributed by atoms with Crippen molar-refractivity contribution in [1.29, 1.82) is 0 Å². The predicted molar refractivity (Wildman–Crippen MR) is 127 cm³/mol. The molecule has 3 N–H and O–H groups in total. The molecule has 1 heterocycles. The SMILES string of the molecule is Cc1ccccc1/C=C1\SC(=S)N(CCCC(=O)Nc2ccc(S(N)(=O)=O)cc2)C1=O. The third-order valence-electron chi connectivity index (χ3n) is 4.60. The fraction of sp³-hybridized carbons (Fsp3) is 0.190. The molecule has 0 bridgehead atoms. The number of sulfonamides is 1. The number of anilines is 1. The second kappa shape index (κ2) is 9.73. The van der Waals surface area contributed by atoms with Crippen LogP contribution in [-0.2, 0) is 19.6 Å². The summed E-state index contributed by atoms with van der Waals surface area (Å²) in [4.78, 5) is 26.9. The maximum Gasteiger partial charge on any atom is 0.266 e. The van der Waals surface area contributed by atoms with Crippen LogP contribution < -0.4 is 10.5 Å². The van der Waals surface area contributed by atoms with E-state index >= 15 is 0 Å². The number of nitrogens with two attached hydrogens (primary N) is 1. The van der Waals surface area contributed by atoms with E-state index in [2.05, 4.69) is 5.32 Å². The number of aryl methyl sites for hydroxylation is 1. The molecule has 2 aromatic rings. The highest BCUT2D eigenvalue weighted by Crippen LogP contribution is 2.33. The fourth-order valence-corrected chi connectivity index (χ4v) is 4.75. The molecule has 0 spiro atoms. The number of thiocarbonyl (C=S) groups is 1. The Morgan fingerprint density at radius 2 is 1.87 bits per heavy atom. The predicted octanol–water partition coefficient (Wildman–Crippen LogP) is 3.26. The van der Waals surface area contributed by atoms with Gasteiger partial charge >= 0.3 is 0 Å². The van der Waals surface area contributed by atoms with Gasteiger partial charge in [0.1, 0.15) is 4.32 Å². The molecule has 0 aromatic heterocycles. The van der Waals surface area contributed by atoms with Crippen LogP contribution in [-0.4, -0.2) is 36.0 Å².